The lowest BCUT2D eigenvalue weighted by molar-refractivity contribution is -0.143. The average Bonchev–Trinajstić information content (AvgIpc) is 2.79. The van der Waals surface area contributed by atoms with Crippen molar-refractivity contribution in [2.24, 2.45) is 11.3 Å². The molecule has 1 saturated carbocycles. The second-order valence-corrected chi connectivity index (χ2v) is 7.39. The van der Waals surface area contributed by atoms with Crippen LogP contribution in [0, 0.1) is 11.3 Å². The maximum atomic E-state index is 10.7. The Morgan fingerprint density at radius 2 is 1.69 bits per heavy atom. The number of esters is 2. The number of aliphatic carboxylic acids is 1. The van der Waals surface area contributed by atoms with Crippen LogP contribution in [-0.4, -0.2) is 36.2 Å². The summed E-state index contributed by atoms with van der Waals surface area (Å²) in [5, 5.41) is 8.08. The summed E-state index contributed by atoms with van der Waals surface area (Å²) in [4.78, 5) is 30.8. The molecule has 0 spiro atoms. The Bertz CT molecular complexity index is 639. The zero-order valence-corrected chi connectivity index (χ0v) is 19.8. The van der Waals surface area contributed by atoms with Gasteiger partial charge in [-0.05, 0) is 32.1 Å². The summed E-state index contributed by atoms with van der Waals surface area (Å²) in [7, 11) is 0. The van der Waals surface area contributed by atoms with Crippen molar-refractivity contribution < 1.29 is 29.0 Å². The minimum absolute atomic E-state index is 0.0970. The molecule has 0 aromatic carbocycles. The van der Waals surface area contributed by atoms with Crippen molar-refractivity contribution >= 4 is 17.9 Å². The lowest BCUT2D eigenvalue weighted by Crippen LogP contribution is -2.28. The summed E-state index contributed by atoms with van der Waals surface area (Å²) in [5.41, 5.74) is 0.608. The maximum absolute atomic E-state index is 10.7. The molecule has 6 nitrogen and oxygen atoms in total. The minimum Gasteiger partial charge on any atom is -0.481 e. The van der Waals surface area contributed by atoms with Crippen LogP contribution >= 0.6 is 0 Å². The van der Waals surface area contributed by atoms with Gasteiger partial charge in [0.15, 0.2) is 0 Å². The second-order valence-electron chi connectivity index (χ2n) is 7.39. The molecule has 1 aliphatic rings. The van der Waals surface area contributed by atoms with Crippen LogP contribution in [0.1, 0.15) is 58.8 Å². The van der Waals surface area contributed by atoms with E-state index in [-0.39, 0.29) is 24.4 Å². The lowest BCUT2D eigenvalue weighted by atomic mass is 9.66. The Morgan fingerprint density at radius 3 is 2.09 bits per heavy atom. The number of ether oxygens (including phenoxy) is 2. The summed E-state index contributed by atoms with van der Waals surface area (Å²) < 4.78 is 9.17. The standard InChI is InChI=1S/C12H18.C8H14O2.C6H8O4/c1-4-11-9-7-8-10-12(11,5-2)6-3;1-4-5-6-10-8(9)7(2)3;1-2-6(9)10-4-3-5(7)8/h4-6,11H,1-3,7-10H2;2,4-6H2,1,3H3;2H,1,3-4H2,(H,7,8). The molecular weight excluding hydrogens is 408 g/mol. The highest BCUT2D eigenvalue weighted by atomic mass is 16.5. The van der Waals surface area contributed by atoms with Crippen molar-refractivity contribution in [3.05, 3.63) is 62.8 Å². The number of rotatable bonds is 11. The SMILES string of the molecule is C=C(C)C(=O)OCCCC.C=CC(=O)OCCC(=O)O.C=CC1CCCCC1(C=C)C=C. The van der Waals surface area contributed by atoms with Gasteiger partial charge in [0.2, 0.25) is 0 Å². The molecule has 0 bridgehead atoms. The Morgan fingerprint density at radius 1 is 1.06 bits per heavy atom. The molecule has 1 fully saturated rings. The fourth-order valence-corrected chi connectivity index (χ4v) is 2.91. The number of carbonyl (C=O) groups excluding carboxylic acids is 2. The monoisotopic (exact) mass is 448 g/mol. The Hall–Kier alpha value is -2.89. The fourth-order valence-electron chi connectivity index (χ4n) is 2.91. The Kier molecular flexibility index (Phi) is 18.4. The number of allylic oxidation sites excluding steroid dienone is 3. The molecule has 0 aliphatic heterocycles. The Balaban J connectivity index is 0. The van der Waals surface area contributed by atoms with Crippen molar-refractivity contribution in [1.82, 2.24) is 0 Å². The molecule has 0 heterocycles. The van der Waals surface area contributed by atoms with E-state index in [1.165, 1.54) is 25.7 Å². The highest BCUT2D eigenvalue weighted by Gasteiger charge is 2.33. The van der Waals surface area contributed by atoms with E-state index in [0.29, 0.717) is 18.1 Å². The van der Waals surface area contributed by atoms with E-state index in [2.05, 4.69) is 50.6 Å². The van der Waals surface area contributed by atoms with Gasteiger partial charge in [-0.1, -0.05) is 57.6 Å². The predicted molar refractivity (Wildman–Crippen MR) is 129 cm³/mol. The predicted octanol–water partition coefficient (Wildman–Crippen LogP) is 5.82. The highest BCUT2D eigenvalue weighted by Crippen LogP contribution is 2.43. The first kappa shape index (κ1) is 31.3. The van der Waals surface area contributed by atoms with E-state index < -0.39 is 11.9 Å². The molecule has 1 unspecified atom stereocenters. The number of carbonyl (C=O) groups is 3. The van der Waals surface area contributed by atoms with Gasteiger partial charge in [-0.3, -0.25) is 4.79 Å². The molecule has 0 radical (unpaired) electrons. The molecular formula is C26H40O6. The van der Waals surface area contributed by atoms with E-state index >= 15 is 0 Å². The molecule has 1 atom stereocenters. The number of carboxylic acids is 1. The smallest absolute Gasteiger partial charge is 0.333 e. The van der Waals surface area contributed by atoms with Crippen molar-refractivity contribution in [3.8, 4) is 0 Å². The summed E-state index contributed by atoms with van der Waals surface area (Å²) in [5.74, 6) is -1.31. The van der Waals surface area contributed by atoms with E-state index in [0.717, 1.165) is 18.9 Å². The Labute approximate surface area is 193 Å². The van der Waals surface area contributed by atoms with E-state index in [9.17, 15) is 14.4 Å². The van der Waals surface area contributed by atoms with Gasteiger partial charge in [0.05, 0.1) is 13.0 Å². The van der Waals surface area contributed by atoms with Gasteiger partial charge in [-0.15, -0.1) is 19.7 Å². The van der Waals surface area contributed by atoms with E-state index in [4.69, 9.17) is 9.84 Å². The van der Waals surface area contributed by atoms with Crippen LogP contribution < -0.4 is 0 Å². The van der Waals surface area contributed by atoms with Crippen LogP contribution in [0.4, 0.5) is 0 Å². The van der Waals surface area contributed by atoms with Crippen LogP contribution in [0.5, 0.6) is 0 Å². The molecule has 180 valence electrons. The number of carboxylic acid groups (broad SMARTS) is 1. The van der Waals surface area contributed by atoms with Crippen LogP contribution in [0.25, 0.3) is 0 Å². The van der Waals surface area contributed by atoms with Crippen LogP contribution in [0.2, 0.25) is 0 Å². The second kappa shape index (κ2) is 18.8. The van der Waals surface area contributed by atoms with Crippen molar-refractivity contribution in [1.29, 1.82) is 0 Å². The molecule has 32 heavy (non-hydrogen) atoms. The third-order valence-electron chi connectivity index (χ3n) is 4.92. The normalized spacial score (nSPS) is 15.8. The molecule has 0 saturated heterocycles. The van der Waals surface area contributed by atoms with Gasteiger partial charge in [-0.25, -0.2) is 9.59 Å². The van der Waals surface area contributed by atoms with Crippen LogP contribution in [0.3, 0.4) is 0 Å². The molecule has 1 rings (SSSR count). The maximum Gasteiger partial charge on any atom is 0.333 e. The summed E-state index contributed by atoms with van der Waals surface area (Å²) in [6, 6.07) is 0. The van der Waals surface area contributed by atoms with E-state index in [1.807, 2.05) is 12.2 Å². The van der Waals surface area contributed by atoms with Gasteiger partial charge < -0.3 is 14.6 Å². The van der Waals surface area contributed by atoms with Gasteiger partial charge >= 0.3 is 17.9 Å². The summed E-state index contributed by atoms with van der Waals surface area (Å²) in [6.07, 6.45) is 14.0. The van der Waals surface area contributed by atoms with Crippen LogP contribution in [-0.2, 0) is 23.9 Å². The largest absolute Gasteiger partial charge is 0.481 e. The van der Waals surface area contributed by atoms with Gasteiger partial charge in [0.25, 0.3) is 0 Å². The fraction of sp³-hybridized carbons (Fsp3) is 0.500. The topological polar surface area (TPSA) is 89.9 Å². The molecule has 1 aliphatic carbocycles. The van der Waals surface area contributed by atoms with Gasteiger partial charge in [0, 0.05) is 17.1 Å². The zero-order chi connectivity index (χ0) is 25.0. The summed E-state index contributed by atoms with van der Waals surface area (Å²) >= 11 is 0. The third kappa shape index (κ3) is 14.2. The number of hydrogen-bond acceptors (Lipinski definition) is 5. The van der Waals surface area contributed by atoms with Crippen LogP contribution in [0.15, 0.2) is 62.8 Å². The first-order valence-electron chi connectivity index (χ1n) is 10.9. The van der Waals surface area contributed by atoms with Crippen molar-refractivity contribution in [2.75, 3.05) is 13.2 Å². The van der Waals surface area contributed by atoms with Crippen molar-refractivity contribution in [3.63, 3.8) is 0 Å². The summed E-state index contributed by atoms with van der Waals surface area (Å²) in [6.45, 7) is 22.4. The molecule has 6 heteroatoms. The average molecular weight is 449 g/mol. The molecule has 1 N–H and O–H groups in total. The first-order chi connectivity index (χ1) is 15.1. The minimum atomic E-state index is -0.989. The third-order valence-corrected chi connectivity index (χ3v) is 4.92. The van der Waals surface area contributed by atoms with Gasteiger partial charge in [0.1, 0.15) is 6.61 Å². The highest BCUT2D eigenvalue weighted by molar-refractivity contribution is 5.86. The van der Waals surface area contributed by atoms with E-state index in [1.54, 1.807) is 6.92 Å². The number of unbranched alkanes of at least 4 members (excludes halogenated alkanes) is 1. The molecule has 0 aromatic rings. The molecule has 0 aromatic heterocycles. The lowest BCUT2D eigenvalue weighted by Gasteiger charge is -2.38. The quantitative estimate of drug-likeness (QED) is 0.185. The van der Waals surface area contributed by atoms with Crippen molar-refractivity contribution in [2.45, 2.75) is 58.8 Å². The molecule has 0 amide bonds. The van der Waals surface area contributed by atoms with Gasteiger partial charge in [-0.2, -0.15) is 0 Å². The zero-order valence-electron chi connectivity index (χ0n) is 19.8. The first-order valence-corrected chi connectivity index (χ1v) is 10.9. The number of hydrogen-bond donors (Lipinski definition) is 1.